The van der Waals surface area contributed by atoms with Crippen LogP contribution in [-0.2, 0) is 19.6 Å². The number of hydrogen-bond acceptors (Lipinski definition) is 4. The summed E-state index contributed by atoms with van der Waals surface area (Å²) in [7, 11) is -4.31. The third-order valence-corrected chi connectivity index (χ3v) is 6.30. The van der Waals surface area contributed by atoms with Crippen molar-refractivity contribution in [2.75, 3.05) is 0 Å². The number of unbranched alkanes of at least 4 members (excludes halogenated alkanes) is 10. The van der Waals surface area contributed by atoms with Crippen molar-refractivity contribution in [3.63, 3.8) is 0 Å². The first-order valence-electron chi connectivity index (χ1n) is 11.0. The van der Waals surface area contributed by atoms with Gasteiger partial charge in [-0.3, -0.25) is 9.35 Å². The Morgan fingerprint density at radius 3 is 1.64 bits per heavy atom. The van der Waals surface area contributed by atoms with Crippen molar-refractivity contribution in [2.45, 2.75) is 123 Å². The van der Waals surface area contributed by atoms with E-state index >= 15 is 0 Å². The molecule has 0 aliphatic rings. The first-order chi connectivity index (χ1) is 12.8. The van der Waals surface area contributed by atoms with E-state index in [9.17, 15) is 13.2 Å². The molecule has 0 aromatic carbocycles. The molecule has 28 heavy (non-hydrogen) atoms. The van der Waals surface area contributed by atoms with Crippen LogP contribution in [0.1, 0.15) is 117 Å². The summed E-state index contributed by atoms with van der Waals surface area (Å²) in [5, 5.41) is 0. The zero-order chi connectivity index (χ0) is 20.5. The SMILES string of the molecule is CCC(C)CCCCCCCCCCCCCC(=O)OC(CC)S(=O)(=O)O.[NaH]. The van der Waals surface area contributed by atoms with Gasteiger partial charge < -0.3 is 4.74 Å². The average Bonchev–Trinajstić information content (AvgIpc) is 2.62. The predicted molar refractivity (Wildman–Crippen MR) is 118 cm³/mol. The van der Waals surface area contributed by atoms with E-state index in [-0.39, 0.29) is 42.4 Å². The van der Waals surface area contributed by atoms with Crippen LogP contribution in [-0.4, -0.2) is 53.9 Å². The van der Waals surface area contributed by atoms with Crippen LogP contribution in [0.5, 0.6) is 0 Å². The Labute approximate surface area is 195 Å². The van der Waals surface area contributed by atoms with Gasteiger partial charge in [-0.1, -0.05) is 97.8 Å². The molecular weight excluding hydrogens is 387 g/mol. The summed E-state index contributed by atoms with van der Waals surface area (Å²) in [5.41, 5.74) is -1.43. The van der Waals surface area contributed by atoms with Gasteiger partial charge >= 0.3 is 45.6 Å². The summed E-state index contributed by atoms with van der Waals surface area (Å²) < 4.78 is 35.7. The first kappa shape index (κ1) is 30.6. The van der Waals surface area contributed by atoms with Gasteiger partial charge in [0.05, 0.1) is 0 Å². The normalized spacial score (nSPS) is 13.6. The van der Waals surface area contributed by atoms with Crippen molar-refractivity contribution < 1.29 is 22.5 Å². The number of carbonyl (C=O) groups excluding carboxylic acids is 1. The Hall–Kier alpha value is 0.380. The fraction of sp³-hybridized carbons (Fsp3) is 0.952. The van der Waals surface area contributed by atoms with E-state index in [1.807, 2.05) is 0 Å². The van der Waals surface area contributed by atoms with E-state index in [0.29, 0.717) is 6.42 Å². The van der Waals surface area contributed by atoms with Crippen LogP contribution in [0.25, 0.3) is 0 Å². The second-order valence-corrected chi connectivity index (χ2v) is 9.34. The van der Waals surface area contributed by atoms with Gasteiger partial charge in [-0.05, 0) is 18.8 Å². The minimum absolute atomic E-state index is 0. The van der Waals surface area contributed by atoms with Gasteiger partial charge in [0.15, 0.2) is 0 Å². The zero-order valence-corrected chi connectivity index (χ0v) is 18.6. The Morgan fingerprint density at radius 2 is 1.25 bits per heavy atom. The number of esters is 1. The Morgan fingerprint density at radius 1 is 0.821 bits per heavy atom. The third-order valence-electron chi connectivity index (χ3n) is 5.20. The van der Waals surface area contributed by atoms with Crippen molar-refractivity contribution in [1.29, 1.82) is 0 Å². The van der Waals surface area contributed by atoms with Crippen LogP contribution in [0.2, 0.25) is 0 Å². The molecule has 0 fully saturated rings. The molecule has 0 saturated heterocycles. The number of rotatable bonds is 18. The van der Waals surface area contributed by atoms with Crippen molar-refractivity contribution in [2.24, 2.45) is 5.92 Å². The Kier molecular flexibility index (Phi) is 21.1. The molecule has 1 N–H and O–H groups in total. The van der Waals surface area contributed by atoms with Crippen molar-refractivity contribution in [1.82, 2.24) is 0 Å². The van der Waals surface area contributed by atoms with E-state index in [4.69, 9.17) is 9.29 Å². The molecule has 0 aliphatic carbocycles. The number of carbonyl (C=O) groups is 1. The molecule has 0 spiro atoms. The van der Waals surface area contributed by atoms with Gasteiger partial charge in [-0.15, -0.1) is 0 Å². The summed E-state index contributed by atoms with van der Waals surface area (Å²) in [4.78, 5) is 11.6. The van der Waals surface area contributed by atoms with Gasteiger partial charge in [-0.2, -0.15) is 8.42 Å². The molecule has 0 saturated carbocycles. The van der Waals surface area contributed by atoms with E-state index in [0.717, 1.165) is 18.8 Å². The fourth-order valence-electron chi connectivity index (χ4n) is 3.12. The van der Waals surface area contributed by atoms with Crippen molar-refractivity contribution >= 4 is 45.6 Å². The topological polar surface area (TPSA) is 80.7 Å². The van der Waals surface area contributed by atoms with Gasteiger partial charge in [0, 0.05) is 6.42 Å². The molecule has 0 amide bonds. The van der Waals surface area contributed by atoms with Crippen molar-refractivity contribution in [3.8, 4) is 0 Å². The van der Waals surface area contributed by atoms with Crippen LogP contribution in [0.15, 0.2) is 0 Å². The molecule has 2 unspecified atom stereocenters. The van der Waals surface area contributed by atoms with Crippen LogP contribution >= 0.6 is 0 Å². The van der Waals surface area contributed by atoms with Crippen LogP contribution in [0.3, 0.4) is 0 Å². The van der Waals surface area contributed by atoms with Gasteiger partial charge in [0.1, 0.15) is 0 Å². The van der Waals surface area contributed by atoms with Crippen LogP contribution in [0, 0.1) is 5.92 Å². The van der Waals surface area contributed by atoms with Crippen molar-refractivity contribution in [3.05, 3.63) is 0 Å². The van der Waals surface area contributed by atoms with Gasteiger partial charge in [0.25, 0.3) is 0 Å². The second kappa shape index (κ2) is 19.3. The monoisotopic (exact) mass is 430 g/mol. The van der Waals surface area contributed by atoms with Gasteiger partial charge in [0.2, 0.25) is 5.44 Å². The molecule has 0 rings (SSSR count). The maximum atomic E-state index is 11.6. The minimum atomic E-state index is -4.31. The molecule has 7 heteroatoms. The van der Waals surface area contributed by atoms with Crippen LogP contribution in [0.4, 0.5) is 0 Å². The number of hydrogen-bond donors (Lipinski definition) is 1. The predicted octanol–water partition coefficient (Wildman–Crippen LogP) is 5.62. The van der Waals surface area contributed by atoms with Crippen LogP contribution < -0.4 is 0 Å². The molecule has 0 aromatic heterocycles. The van der Waals surface area contributed by atoms with E-state index in [1.165, 1.54) is 64.2 Å². The zero-order valence-electron chi connectivity index (χ0n) is 17.7. The molecule has 0 aliphatic heterocycles. The third kappa shape index (κ3) is 18.4. The van der Waals surface area contributed by atoms with E-state index in [1.54, 1.807) is 6.92 Å². The summed E-state index contributed by atoms with van der Waals surface area (Å²) in [5.74, 6) is 0.329. The molecule has 0 aromatic rings. The molecule has 5 nitrogen and oxygen atoms in total. The molecule has 0 bridgehead atoms. The summed E-state index contributed by atoms with van der Waals surface area (Å²) >= 11 is 0. The Balaban J connectivity index is 0. The fourth-order valence-corrected chi connectivity index (χ4v) is 3.77. The number of ether oxygens (including phenoxy) is 1. The van der Waals surface area contributed by atoms with E-state index in [2.05, 4.69) is 13.8 Å². The van der Waals surface area contributed by atoms with Gasteiger partial charge in [-0.25, -0.2) is 0 Å². The molecule has 2 atom stereocenters. The molecule has 164 valence electrons. The molecular formula is C21H43NaO5S. The second-order valence-electron chi connectivity index (χ2n) is 7.78. The Bertz CT molecular complexity index is 467. The summed E-state index contributed by atoms with van der Waals surface area (Å²) in [6.07, 6.45) is 16.2. The first-order valence-corrected chi connectivity index (χ1v) is 12.5. The van der Waals surface area contributed by atoms with E-state index < -0.39 is 21.5 Å². The summed E-state index contributed by atoms with van der Waals surface area (Å²) in [6, 6.07) is 0. The molecule has 0 heterocycles. The summed E-state index contributed by atoms with van der Waals surface area (Å²) in [6.45, 7) is 6.16. The average molecular weight is 431 g/mol. The maximum absolute atomic E-state index is 11.6. The standard InChI is InChI=1S/C21H42O5S.Na.H/c1-4-19(3)17-15-13-11-9-7-6-8-10-12-14-16-18-20(22)26-21(5-2)27(23,24)25;;/h19,21H,4-18H2,1-3H3,(H,23,24,25);;. The molecule has 0 radical (unpaired) electrons. The quantitative estimate of drug-likeness (QED) is 0.132.